The van der Waals surface area contributed by atoms with Crippen molar-refractivity contribution in [2.75, 3.05) is 27.7 Å². The molecule has 3 nitrogen and oxygen atoms in total. The smallest absolute Gasteiger partial charge is 0.119 e. The van der Waals surface area contributed by atoms with Crippen LogP contribution in [0.15, 0.2) is 24.3 Å². The van der Waals surface area contributed by atoms with E-state index in [2.05, 4.69) is 19.0 Å². The van der Waals surface area contributed by atoms with Gasteiger partial charge >= 0.3 is 0 Å². The Hall–Kier alpha value is -1.06. The van der Waals surface area contributed by atoms with Crippen molar-refractivity contribution in [3.63, 3.8) is 0 Å². The highest BCUT2D eigenvalue weighted by Gasteiger charge is 2.06. The Labute approximate surface area is 91.8 Å². The first-order valence-corrected chi connectivity index (χ1v) is 5.17. The number of rotatable bonds is 5. The first-order chi connectivity index (χ1) is 7.13. The highest BCUT2D eigenvalue weighted by atomic mass is 16.5. The fraction of sp³-hybridized carbons (Fsp3) is 0.500. The average molecular weight is 208 g/mol. The van der Waals surface area contributed by atoms with Crippen LogP contribution in [0.2, 0.25) is 0 Å². The lowest BCUT2D eigenvalue weighted by Gasteiger charge is -2.16. The van der Waals surface area contributed by atoms with Crippen molar-refractivity contribution in [1.29, 1.82) is 0 Å². The molecule has 3 heteroatoms. The average Bonchev–Trinajstić information content (AvgIpc) is 2.26. The predicted octanol–water partition coefficient (Wildman–Crippen LogP) is 1.65. The van der Waals surface area contributed by atoms with Gasteiger partial charge in [0.05, 0.1) is 7.11 Å². The Morgan fingerprint density at radius 2 is 2.13 bits per heavy atom. The summed E-state index contributed by atoms with van der Waals surface area (Å²) in [4.78, 5) is 2.14. The first kappa shape index (κ1) is 12.0. The summed E-state index contributed by atoms with van der Waals surface area (Å²) in [6, 6.07) is 8.04. The SMILES string of the molecule is COc1cccc(C(N)CCN(C)C)c1. The number of nitrogens with two attached hydrogens (primary N) is 1. The number of hydrogen-bond donors (Lipinski definition) is 1. The highest BCUT2D eigenvalue weighted by molar-refractivity contribution is 5.30. The molecule has 1 rings (SSSR count). The molecular weight excluding hydrogens is 188 g/mol. The zero-order chi connectivity index (χ0) is 11.3. The number of hydrogen-bond acceptors (Lipinski definition) is 3. The molecule has 2 N–H and O–H groups in total. The molecule has 0 spiro atoms. The fourth-order valence-electron chi connectivity index (χ4n) is 1.44. The summed E-state index contributed by atoms with van der Waals surface area (Å²) in [5.41, 5.74) is 7.22. The molecule has 0 saturated heterocycles. The van der Waals surface area contributed by atoms with Crippen LogP contribution in [0.1, 0.15) is 18.0 Å². The van der Waals surface area contributed by atoms with E-state index in [9.17, 15) is 0 Å². The van der Waals surface area contributed by atoms with Crippen molar-refractivity contribution in [2.45, 2.75) is 12.5 Å². The van der Waals surface area contributed by atoms with Crippen LogP contribution in [0.4, 0.5) is 0 Å². The van der Waals surface area contributed by atoms with Crippen LogP contribution in [-0.2, 0) is 0 Å². The first-order valence-electron chi connectivity index (χ1n) is 5.17. The van der Waals surface area contributed by atoms with Gasteiger partial charge in [-0.15, -0.1) is 0 Å². The lowest BCUT2D eigenvalue weighted by molar-refractivity contribution is 0.381. The minimum Gasteiger partial charge on any atom is -0.497 e. The van der Waals surface area contributed by atoms with Crippen LogP contribution < -0.4 is 10.5 Å². The molecular formula is C12H20N2O. The third-order valence-corrected chi connectivity index (χ3v) is 2.41. The lowest BCUT2D eigenvalue weighted by Crippen LogP contribution is -2.20. The Morgan fingerprint density at radius 1 is 1.40 bits per heavy atom. The number of nitrogens with zero attached hydrogens (tertiary/aromatic N) is 1. The Balaban J connectivity index is 2.60. The van der Waals surface area contributed by atoms with Crippen molar-refractivity contribution >= 4 is 0 Å². The molecule has 0 amide bonds. The number of methoxy groups -OCH3 is 1. The van der Waals surface area contributed by atoms with Crippen LogP contribution >= 0.6 is 0 Å². The summed E-state index contributed by atoms with van der Waals surface area (Å²) < 4.78 is 5.16. The molecule has 0 bridgehead atoms. The van der Waals surface area contributed by atoms with Gasteiger partial charge in [0.2, 0.25) is 0 Å². The summed E-state index contributed by atoms with van der Waals surface area (Å²) in [5, 5.41) is 0. The summed E-state index contributed by atoms with van der Waals surface area (Å²) in [7, 11) is 5.78. The van der Waals surface area contributed by atoms with E-state index in [-0.39, 0.29) is 6.04 Å². The Kier molecular flexibility index (Phi) is 4.59. The van der Waals surface area contributed by atoms with E-state index in [1.54, 1.807) is 7.11 Å². The Bertz CT molecular complexity index is 299. The second-order valence-electron chi connectivity index (χ2n) is 3.98. The monoisotopic (exact) mass is 208 g/mol. The van der Waals surface area contributed by atoms with Crippen molar-refractivity contribution in [2.24, 2.45) is 5.73 Å². The molecule has 0 heterocycles. The van der Waals surface area contributed by atoms with E-state index >= 15 is 0 Å². The van der Waals surface area contributed by atoms with Gasteiger partial charge in [-0.1, -0.05) is 12.1 Å². The second-order valence-corrected chi connectivity index (χ2v) is 3.98. The molecule has 0 radical (unpaired) electrons. The third-order valence-electron chi connectivity index (χ3n) is 2.41. The van der Waals surface area contributed by atoms with Crippen LogP contribution in [0, 0.1) is 0 Å². The quantitative estimate of drug-likeness (QED) is 0.799. The minimum absolute atomic E-state index is 0.0856. The molecule has 0 aromatic heterocycles. The molecule has 0 aliphatic heterocycles. The van der Waals surface area contributed by atoms with Gasteiger partial charge in [-0.2, -0.15) is 0 Å². The van der Waals surface area contributed by atoms with Crippen LogP contribution in [0.3, 0.4) is 0 Å². The molecule has 0 saturated carbocycles. The molecule has 0 aliphatic carbocycles. The largest absolute Gasteiger partial charge is 0.497 e. The maximum atomic E-state index is 6.08. The van der Waals surface area contributed by atoms with Gasteiger partial charge in [0, 0.05) is 6.04 Å². The van der Waals surface area contributed by atoms with E-state index in [0.29, 0.717) is 0 Å². The molecule has 1 atom stereocenters. The van der Waals surface area contributed by atoms with Gasteiger partial charge in [-0.25, -0.2) is 0 Å². The van der Waals surface area contributed by atoms with Crippen LogP contribution in [0.5, 0.6) is 5.75 Å². The van der Waals surface area contributed by atoms with E-state index in [1.165, 1.54) is 0 Å². The maximum absolute atomic E-state index is 6.08. The Morgan fingerprint density at radius 3 is 2.73 bits per heavy atom. The lowest BCUT2D eigenvalue weighted by atomic mass is 10.0. The molecule has 0 fully saturated rings. The van der Waals surface area contributed by atoms with Crippen LogP contribution in [-0.4, -0.2) is 32.6 Å². The van der Waals surface area contributed by atoms with E-state index in [0.717, 1.165) is 24.3 Å². The molecule has 1 aromatic carbocycles. The zero-order valence-corrected chi connectivity index (χ0v) is 9.73. The minimum atomic E-state index is 0.0856. The number of benzene rings is 1. The number of ether oxygens (including phenoxy) is 1. The van der Waals surface area contributed by atoms with Crippen molar-refractivity contribution in [3.05, 3.63) is 29.8 Å². The van der Waals surface area contributed by atoms with Gasteiger partial charge in [0.1, 0.15) is 5.75 Å². The standard InChI is InChI=1S/C12H20N2O/c1-14(2)8-7-12(13)10-5-4-6-11(9-10)15-3/h4-6,9,12H,7-8,13H2,1-3H3. The zero-order valence-electron chi connectivity index (χ0n) is 9.73. The topological polar surface area (TPSA) is 38.5 Å². The highest BCUT2D eigenvalue weighted by Crippen LogP contribution is 2.19. The summed E-state index contributed by atoms with van der Waals surface area (Å²) >= 11 is 0. The van der Waals surface area contributed by atoms with Gasteiger partial charge in [-0.3, -0.25) is 0 Å². The van der Waals surface area contributed by atoms with Crippen molar-refractivity contribution < 1.29 is 4.74 Å². The van der Waals surface area contributed by atoms with Gasteiger partial charge in [0.15, 0.2) is 0 Å². The predicted molar refractivity (Wildman–Crippen MR) is 63.1 cm³/mol. The molecule has 1 unspecified atom stereocenters. The summed E-state index contributed by atoms with van der Waals surface area (Å²) in [6.07, 6.45) is 0.958. The normalized spacial score (nSPS) is 12.9. The van der Waals surface area contributed by atoms with Gasteiger partial charge in [0.25, 0.3) is 0 Å². The fourth-order valence-corrected chi connectivity index (χ4v) is 1.44. The van der Waals surface area contributed by atoms with E-state index in [1.807, 2.05) is 24.3 Å². The van der Waals surface area contributed by atoms with Gasteiger partial charge in [-0.05, 0) is 44.8 Å². The van der Waals surface area contributed by atoms with E-state index in [4.69, 9.17) is 10.5 Å². The summed E-state index contributed by atoms with van der Waals surface area (Å²) in [5.74, 6) is 0.868. The molecule has 15 heavy (non-hydrogen) atoms. The molecule has 1 aromatic rings. The second kappa shape index (κ2) is 5.73. The third kappa shape index (κ3) is 3.90. The van der Waals surface area contributed by atoms with E-state index < -0.39 is 0 Å². The summed E-state index contributed by atoms with van der Waals surface area (Å²) in [6.45, 7) is 0.998. The van der Waals surface area contributed by atoms with Gasteiger partial charge < -0.3 is 15.4 Å². The van der Waals surface area contributed by atoms with Crippen LogP contribution in [0.25, 0.3) is 0 Å². The molecule has 0 aliphatic rings. The maximum Gasteiger partial charge on any atom is 0.119 e. The van der Waals surface area contributed by atoms with Crippen molar-refractivity contribution in [3.8, 4) is 5.75 Å². The van der Waals surface area contributed by atoms with Crippen molar-refractivity contribution in [1.82, 2.24) is 4.90 Å². The molecule has 84 valence electrons.